The van der Waals surface area contributed by atoms with E-state index in [-0.39, 0.29) is 11.9 Å². The van der Waals surface area contributed by atoms with Crippen molar-refractivity contribution in [2.75, 3.05) is 26.8 Å². The van der Waals surface area contributed by atoms with E-state index in [4.69, 9.17) is 10.6 Å². The number of hydrogen-bond acceptors (Lipinski definition) is 4. The lowest BCUT2D eigenvalue weighted by atomic mass is 10.3. The van der Waals surface area contributed by atoms with Crippen LogP contribution < -0.4 is 21.9 Å². The molecule has 106 valence electrons. The van der Waals surface area contributed by atoms with Gasteiger partial charge in [-0.1, -0.05) is 6.92 Å². The quantitative estimate of drug-likeness (QED) is 0.152. The monoisotopic (exact) mass is 259 g/mol. The van der Waals surface area contributed by atoms with Crippen molar-refractivity contribution in [3.8, 4) is 0 Å². The lowest BCUT2D eigenvalue weighted by Crippen LogP contribution is -2.51. The van der Waals surface area contributed by atoms with Gasteiger partial charge in [-0.05, 0) is 19.8 Å². The number of methoxy groups -OCH3 is 1. The fraction of sp³-hybridized carbons (Fsp3) is 0.818. The smallest absolute Gasteiger partial charge is 0.242 e. The maximum Gasteiger partial charge on any atom is 0.242 e. The van der Waals surface area contributed by atoms with E-state index < -0.39 is 0 Å². The number of nitrogens with zero attached hydrogens (tertiary/aromatic N) is 1. The Morgan fingerprint density at radius 3 is 2.78 bits per heavy atom. The van der Waals surface area contributed by atoms with E-state index in [0.29, 0.717) is 25.7 Å². The molecular weight excluding hydrogens is 234 g/mol. The molecule has 0 aliphatic heterocycles. The summed E-state index contributed by atoms with van der Waals surface area (Å²) in [6.45, 7) is 5.66. The number of amides is 1. The van der Waals surface area contributed by atoms with E-state index in [1.165, 1.54) is 0 Å². The van der Waals surface area contributed by atoms with Gasteiger partial charge in [-0.15, -0.1) is 0 Å². The van der Waals surface area contributed by atoms with Gasteiger partial charge >= 0.3 is 0 Å². The SMILES string of the molecule is CCCNC(=O)C(C)NC(=NCCCOC)NN. The number of rotatable bonds is 8. The summed E-state index contributed by atoms with van der Waals surface area (Å²) in [5.74, 6) is 5.66. The molecular formula is C11H25N5O2. The zero-order valence-electron chi connectivity index (χ0n) is 11.5. The summed E-state index contributed by atoms with van der Waals surface area (Å²) in [4.78, 5) is 15.8. The molecule has 0 saturated heterocycles. The van der Waals surface area contributed by atoms with Gasteiger partial charge in [0, 0.05) is 26.8 Å². The number of hydrazine groups is 1. The highest BCUT2D eigenvalue weighted by Crippen LogP contribution is 1.86. The van der Waals surface area contributed by atoms with Gasteiger partial charge < -0.3 is 15.4 Å². The number of hydrogen-bond donors (Lipinski definition) is 4. The molecule has 1 atom stereocenters. The average molecular weight is 259 g/mol. The normalized spacial score (nSPS) is 13.0. The minimum Gasteiger partial charge on any atom is -0.385 e. The maximum absolute atomic E-state index is 11.6. The summed E-state index contributed by atoms with van der Waals surface area (Å²) >= 11 is 0. The summed E-state index contributed by atoms with van der Waals surface area (Å²) in [7, 11) is 1.64. The predicted octanol–water partition coefficient (Wildman–Crippen LogP) is -0.653. The first-order valence-corrected chi connectivity index (χ1v) is 6.19. The van der Waals surface area contributed by atoms with Crippen molar-refractivity contribution in [1.29, 1.82) is 0 Å². The van der Waals surface area contributed by atoms with Crippen LogP contribution in [0.25, 0.3) is 0 Å². The molecule has 0 radical (unpaired) electrons. The summed E-state index contributed by atoms with van der Waals surface area (Å²) < 4.78 is 4.92. The molecule has 5 N–H and O–H groups in total. The third-order valence-electron chi connectivity index (χ3n) is 2.21. The van der Waals surface area contributed by atoms with E-state index in [9.17, 15) is 4.79 Å². The number of ether oxygens (including phenoxy) is 1. The third-order valence-corrected chi connectivity index (χ3v) is 2.21. The minimum atomic E-state index is -0.381. The first-order chi connectivity index (χ1) is 8.65. The molecule has 0 rings (SSSR count). The van der Waals surface area contributed by atoms with Gasteiger partial charge in [-0.3, -0.25) is 15.2 Å². The number of carbonyl (C=O) groups is 1. The predicted molar refractivity (Wildman–Crippen MR) is 72.0 cm³/mol. The zero-order chi connectivity index (χ0) is 13.8. The average Bonchev–Trinajstić information content (AvgIpc) is 2.39. The molecule has 0 aromatic carbocycles. The van der Waals surface area contributed by atoms with E-state index in [1.807, 2.05) is 6.92 Å². The highest BCUT2D eigenvalue weighted by Gasteiger charge is 2.12. The highest BCUT2D eigenvalue weighted by atomic mass is 16.5. The summed E-state index contributed by atoms with van der Waals surface area (Å²) in [6, 6.07) is -0.381. The largest absolute Gasteiger partial charge is 0.385 e. The molecule has 0 heterocycles. The van der Waals surface area contributed by atoms with E-state index in [1.54, 1.807) is 14.0 Å². The van der Waals surface area contributed by atoms with Crippen molar-refractivity contribution < 1.29 is 9.53 Å². The van der Waals surface area contributed by atoms with Crippen LogP contribution in [0.2, 0.25) is 0 Å². The van der Waals surface area contributed by atoms with Crippen LogP contribution in [0.3, 0.4) is 0 Å². The summed E-state index contributed by atoms with van der Waals surface area (Å²) in [5.41, 5.74) is 2.44. The molecule has 1 amide bonds. The Labute approximate surface area is 109 Å². The molecule has 0 aromatic rings. The molecule has 0 spiro atoms. The van der Waals surface area contributed by atoms with Crippen LogP contribution in [0.15, 0.2) is 4.99 Å². The van der Waals surface area contributed by atoms with Crippen molar-refractivity contribution in [2.24, 2.45) is 10.8 Å². The molecule has 0 aliphatic carbocycles. The summed E-state index contributed by atoms with van der Waals surface area (Å²) in [5, 5.41) is 5.71. The van der Waals surface area contributed by atoms with Gasteiger partial charge in [0.15, 0.2) is 0 Å². The van der Waals surface area contributed by atoms with Crippen molar-refractivity contribution in [2.45, 2.75) is 32.7 Å². The Kier molecular flexibility index (Phi) is 9.99. The van der Waals surface area contributed by atoms with Crippen LogP contribution in [0.4, 0.5) is 0 Å². The van der Waals surface area contributed by atoms with Gasteiger partial charge in [-0.25, -0.2) is 5.84 Å². The van der Waals surface area contributed by atoms with Crippen molar-refractivity contribution in [1.82, 2.24) is 16.1 Å². The molecule has 0 aromatic heterocycles. The van der Waals surface area contributed by atoms with E-state index in [2.05, 4.69) is 21.1 Å². The van der Waals surface area contributed by atoms with Gasteiger partial charge in [0.05, 0.1) is 0 Å². The standard InChI is InChI=1S/C11H25N5O2/c1-4-6-13-10(17)9(2)15-11(16-12)14-7-5-8-18-3/h9H,4-8,12H2,1-3H3,(H,13,17)(H2,14,15,16). The lowest BCUT2D eigenvalue weighted by Gasteiger charge is -2.16. The van der Waals surface area contributed by atoms with Gasteiger partial charge in [-0.2, -0.15) is 0 Å². The zero-order valence-corrected chi connectivity index (χ0v) is 11.5. The van der Waals surface area contributed by atoms with Crippen molar-refractivity contribution >= 4 is 11.9 Å². The first-order valence-electron chi connectivity index (χ1n) is 6.19. The van der Waals surface area contributed by atoms with Crippen LogP contribution >= 0.6 is 0 Å². The fourth-order valence-electron chi connectivity index (χ4n) is 1.20. The summed E-state index contributed by atoms with van der Waals surface area (Å²) in [6.07, 6.45) is 1.71. The maximum atomic E-state index is 11.6. The molecule has 7 heteroatoms. The Balaban J connectivity index is 4.05. The van der Waals surface area contributed by atoms with Gasteiger partial charge in [0.25, 0.3) is 0 Å². The van der Waals surface area contributed by atoms with Gasteiger partial charge in [0.1, 0.15) is 6.04 Å². The Morgan fingerprint density at radius 2 is 2.22 bits per heavy atom. The Bertz CT molecular complexity index is 258. The first kappa shape index (κ1) is 16.7. The number of nitrogens with two attached hydrogens (primary N) is 1. The second-order valence-electron chi connectivity index (χ2n) is 3.88. The Hall–Kier alpha value is -1.34. The fourth-order valence-corrected chi connectivity index (χ4v) is 1.20. The number of nitrogens with one attached hydrogen (secondary N) is 3. The van der Waals surface area contributed by atoms with Crippen LogP contribution in [-0.4, -0.2) is 44.7 Å². The molecule has 0 bridgehead atoms. The highest BCUT2D eigenvalue weighted by molar-refractivity contribution is 5.88. The van der Waals surface area contributed by atoms with Crippen LogP contribution in [0, 0.1) is 0 Å². The Morgan fingerprint density at radius 1 is 1.50 bits per heavy atom. The van der Waals surface area contributed by atoms with E-state index in [0.717, 1.165) is 12.8 Å². The molecule has 0 aliphatic rings. The molecule has 1 unspecified atom stereocenters. The molecule has 0 fully saturated rings. The van der Waals surface area contributed by atoms with Crippen molar-refractivity contribution in [3.05, 3.63) is 0 Å². The number of guanidine groups is 1. The molecule has 0 saturated carbocycles. The number of carbonyl (C=O) groups excluding carboxylic acids is 1. The topological polar surface area (TPSA) is 101 Å². The van der Waals surface area contributed by atoms with Crippen LogP contribution in [0.1, 0.15) is 26.7 Å². The van der Waals surface area contributed by atoms with Gasteiger partial charge in [0.2, 0.25) is 11.9 Å². The van der Waals surface area contributed by atoms with E-state index >= 15 is 0 Å². The molecule has 18 heavy (non-hydrogen) atoms. The molecule has 7 nitrogen and oxygen atoms in total. The minimum absolute atomic E-state index is 0.0725. The third kappa shape index (κ3) is 7.86. The number of aliphatic imine (C=N–C) groups is 1. The van der Waals surface area contributed by atoms with Crippen molar-refractivity contribution in [3.63, 3.8) is 0 Å². The second-order valence-corrected chi connectivity index (χ2v) is 3.88. The van der Waals surface area contributed by atoms with Crippen LogP contribution in [0.5, 0.6) is 0 Å². The lowest BCUT2D eigenvalue weighted by molar-refractivity contribution is -0.122. The van der Waals surface area contributed by atoms with Crippen LogP contribution in [-0.2, 0) is 9.53 Å². The second kappa shape index (κ2) is 10.8.